The van der Waals surface area contributed by atoms with Gasteiger partial charge in [-0.3, -0.25) is 14.7 Å². The largest absolute Gasteiger partial charge is 0.360 e. The molecule has 0 bridgehead atoms. The van der Waals surface area contributed by atoms with E-state index >= 15 is 0 Å². The van der Waals surface area contributed by atoms with Crippen molar-refractivity contribution < 1.29 is 9.18 Å². The molecule has 4 heterocycles. The second-order valence-corrected chi connectivity index (χ2v) is 10.1. The number of imidazole rings is 1. The quantitative estimate of drug-likeness (QED) is 0.281. The normalized spacial score (nSPS) is 15.1. The van der Waals surface area contributed by atoms with Crippen LogP contribution >= 0.6 is 0 Å². The molecule has 0 amide bonds. The van der Waals surface area contributed by atoms with Crippen LogP contribution in [0.25, 0.3) is 33.1 Å². The van der Waals surface area contributed by atoms with E-state index in [1.165, 1.54) is 12.1 Å². The first-order valence-corrected chi connectivity index (χ1v) is 12.9. The summed E-state index contributed by atoms with van der Waals surface area (Å²) < 4.78 is 15.6. The summed E-state index contributed by atoms with van der Waals surface area (Å²) in [5.41, 5.74) is 5.70. The number of fused-ring (bicyclic) bond motifs is 2. The van der Waals surface area contributed by atoms with E-state index in [1.807, 2.05) is 42.9 Å². The number of H-pyrrole nitrogens is 1. The number of aromatic nitrogens is 4. The minimum absolute atomic E-state index is 0.147. The molecular formula is C30H30FN5O. The van der Waals surface area contributed by atoms with Gasteiger partial charge in [-0.2, -0.15) is 0 Å². The van der Waals surface area contributed by atoms with Crippen molar-refractivity contribution >= 4 is 27.7 Å². The van der Waals surface area contributed by atoms with E-state index in [4.69, 9.17) is 0 Å². The predicted octanol–water partition coefficient (Wildman–Crippen LogP) is 6.01. The zero-order chi connectivity index (χ0) is 25.4. The molecule has 1 N–H and O–H groups in total. The molecule has 0 aliphatic carbocycles. The van der Waals surface area contributed by atoms with Gasteiger partial charge in [-0.05, 0) is 80.6 Å². The number of pyridine rings is 1. The summed E-state index contributed by atoms with van der Waals surface area (Å²) >= 11 is 0. The number of carbonyl (C=O) groups is 1. The molecule has 1 fully saturated rings. The molecule has 1 saturated heterocycles. The molecule has 6 nitrogen and oxygen atoms in total. The first-order chi connectivity index (χ1) is 18.0. The number of hydrogen-bond donors (Lipinski definition) is 1. The average molecular weight is 496 g/mol. The number of halogens is 1. The number of carbonyl (C=O) groups excluding carboxylic acids is 1. The molecule has 1 aliphatic heterocycles. The Morgan fingerprint density at radius 2 is 1.86 bits per heavy atom. The lowest BCUT2D eigenvalue weighted by Crippen LogP contribution is -2.37. The Labute approximate surface area is 215 Å². The number of nitrogens with one attached hydrogen (secondary N) is 1. The zero-order valence-electron chi connectivity index (χ0n) is 21.0. The Morgan fingerprint density at radius 3 is 2.68 bits per heavy atom. The van der Waals surface area contributed by atoms with Crippen LogP contribution in [0.4, 0.5) is 4.39 Å². The SMILES string of the molecule is Cc1nc2cnccc2n1CCC1CCN(CC(=O)c2c[nH]c3cc(-c4ccc(F)cc4)ccc23)CC1. The smallest absolute Gasteiger partial charge is 0.178 e. The maximum atomic E-state index is 13.3. The minimum atomic E-state index is -0.249. The van der Waals surface area contributed by atoms with Crippen LogP contribution in [0.5, 0.6) is 0 Å². The fourth-order valence-electron chi connectivity index (χ4n) is 5.60. The average Bonchev–Trinajstić information content (AvgIpc) is 3.48. The van der Waals surface area contributed by atoms with E-state index in [0.29, 0.717) is 12.5 Å². The summed E-state index contributed by atoms with van der Waals surface area (Å²) in [6, 6.07) is 14.5. The highest BCUT2D eigenvalue weighted by Crippen LogP contribution is 2.28. The van der Waals surface area contributed by atoms with Gasteiger partial charge >= 0.3 is 0 Å². The van der Waals surface area contributed by atoms with E-state index in [2.05, 4.69) is 31.3 Å². The third-order valence-corrected chi connectivity index (χ3v) is 7.74. The Hall–Kier alpha value is -3.84. The summed E-state index contributed by atoms with van der Waals surface area (Å²) in [6.07, 6.45) is 8.81. The Morgan fingerprint density at radius 1 is 1.08 bits per heavy atom. The van der Waals surface area contributed by atoms with Crippen LogP contribution in [-0.2, 0) is 6.54 Å². The van der Waals surface area contributed by atoms with Gasteiger partial charge in [-0.1, -0.05) is 24.3 Å². The van der Waals surface area contributed by atoms with E-state index in [9.17, 15) is 9.18 Å². The Kier molecular flexibility index (Phi) is 6.30. The number of benzene rings is 2. The number of hydrogen-bond acceptors (Lipinski definition) is 4. The van der Waals surface area contributed by atoms with Crippen molar-refractivity contribution in [2.45, 2.75) is 32.7 Å². The van der Waals surface area contributed by atoms with Crippen molar-refractivity contribution in [3.63, 3.8) is 0 Å². The third-order valence-electron chi connectivity index (χ3n) is 7.74. The van der Waals surface area contributed by atoms with E-state index < -0.39 is 0 Å². The van der Waals surface area contributed by atoms with E-state index in [0.717, 1.165) is 83.3 Å². The van der Waals surface area contributed by atoms with Crippen molar-refractivity contribution in [2.24, 2.45) is 5.92 Å². The van der Waals surface area contributed by atoms with Crippen molar-refractivity contribution in [3.05, 3.63) is 84.3 Å². The van der Waals surface area contributed by atoms with Gasteiger partial charge in [0.05, 0.1) is 18.3 Å². The van der Waals surface area contributed by atoms with Crippen LogP contribution in [0.3, 0.4) is 0 Å². The van der Waals surface area contributed by atoms with Crippen molar-refractivity contribution in [2.75, 3.05) is 19.6 Å². The summed E-state index contributed by atoms with van der Waals surface area (Å²) in [5, 5.41) is 0.934. The molecule has 188 valence electrons. The van der Waals surface area contributed by atoms with Gasteiger partial charge in [-0.15, -0.1) is 0 Å². The Balaban J connectivity index is 1.05. The van der Waals surface area contributed by atoms with Gasteiger partial charge in [0.25, 0.3) is 0 Å². The molecule has 0 atom stereocenters. The van der Waals surface area contributed by atoms with Crippen LogP contribution in [0.15, 0.2) is 67.1 Å². The minimum Gasteiger partial charge on any atom is -0.360 e. The predicted molar refractivity (Wildman–Crippen MR) is 144 cm³/mol. The highest BCUT2D eigenvalue weighted by Gasteiger charge is 2.23. The molecule has 0 unspecified atom stereocenters. The topological polar surface area (TPSA) is 66.8 Å². The molecule has 5 aromatic rings. The number of nitrogens with zero attached hydrogens (tertiary/aromatic N) is 4. The second-order valence-electron chi connectivity index (χ2n) is 10.1. The first kappa shape index (κ1) is 23.6. The number of aryl methyl sites for hydroxylation is 2. The number of rotatable bonds is 7. The Bertz CT molecular complexity index is 1560. The van der Waals surface area contributed by atoms with Crippen LogP contribution in [0, 0.1) is 18.7 Å². The lowest BCUT2D eigenvalue weighted by molar-refractivity contribution is 0.0893. The van der Waals surface area contributed by atoms with Gasteiger partial charge in [0.2, 0.25) is 0 Å². The van der Waals surface area contributed by atoms with E-state index in [1.54, 1.807) is 12.1 Å². The molecule has 3 aromatic heterocycles. The maximum Gasteiger partial charge on any atom is 0.178 e. The lowest BCUT2D eigenvalue weighted by atomic mass is 9.93. The highest BCUT2D eigenvalue weighted by atomic mass is 19.1. The van der Waals surface area contributed by atoms with Crippen LogP contribution < -0.4 is 0 Å². The first-order valence-electron chi connectivity index (χ1n) is 12.9. The summed E-state index contributed by atoms with van der Waals surface area (Å²) in [5.74, 6) is 1.59. The molecule has 6 rings (SSSR count). The maximum absolute atomic E-state index is 13.3. The van der Waals surface area contributed by atoms with Gasteiger partial charge in [0.1, 0.15) is 17.2 Å². The standard InChI is InChI=1S/C30H30FN5O/c1-20-34-28-18-32-12-8-29(28)36(20)15-11-21-9-13-35(14-10-21)19-30(37)26-17-33-27-16-23(4-7-25(26)27)22-2-5-24(31)6-3-22/h2-8,12,16-18,21,33H,9-11,13-15,19H2,1H3. The second kappa shape index (κ2) is 9.90. The molecule has 7 heteroatoms. The number of Topliss-reactive ketones (excluding diaryl/α,β-unsaturated/α-hetero) is 1. The van der Waals surface area contributed by atoms with Crippen LogP contribution in [0.2, 0.25) is 0 Å². The summed E-state index contributed by atoms with van der Waals surface area (Å²) in [7, 11) is 0. The van der Waals surface area contributed by atoms with Gasteiger partial charge < -0.3 is 9.55 Å². The highest BCUT2D eigenvalue weighted by molar-refractivity contribution is 6.09. The van der Waals surface area contributed by atoms with E-state index in [-0.39, 0.29) is 11.6 Å². The summed E-state index contributed by atoms with van der Waals surface area (Å²) in [4.78, 5) is 27.5. The van der Waals surface area contributed by atoms with Gasteiger partial charge in [0, 0.05) is 35.4 Å². The number of aromatic amines is 1. The third kappa shape index (κ3) is 4.79. The number of piperidine rings is 1. The van der Waals surface area contributed by atoms with Crippen molar-refractivity contribution in [1.29, 1.82) is 0 Å². The molecule has 1 aliphatic rings. The molecule has 0 spiro atoms. The fraction of sp³-hybridized carbons (Fsp3) is 0.300. The molecule has 37 heavy (non-hydrogen) atoms. The van der Waals surface area contributed by atoms with Crippen molar-refractivity contribution in [3.8, 4) is 11.1 Å². The molecule has 2 aromatic carbocycles. The summed E-state index contributed by atoms with van der Waals surface area (Å²) in [6.45, 7) is 5.35. The number of ketones is 1. The van der Waals surface area contributed by atoms with Crippen molar-refractivity contribution in [1.82, 2.24) is 24.4 Å². The van der Waals surface area contributed by atoms with Gasteiger partial charge in [-0.25, -0.2) is 9.37 Å². The number of likely N-dealkylation sites (tertiary alicyclic amines) is 1. The monoisotopic (exact) mass is 495 g/mol. The zero-order valence-corrected chi connectivity index (χ0v) is 21.0. The molecule has 0 radical (unpaired) electrons. The lowest BCUT2D eigenvalue weighted by Gasteiger charge is -2.31. The molecular weight excluding hydrogens is 465 g/mol. The fourth-order valence-corrected chi connectivity index (χ4v) is 5.60. The molecule has 0 saturated carbocycles. The van der Waals surface area contributed by atoms with Crippen LogP contribution in [0.1, 0.15) is 35.4 Å². The van der Waals surface area contributed by atoms with Gasteiger partial charge in [0.15, 0.2) is 5.78 Å². The van der Waals surface area contributed by atoms with Crippen LogP contribution in [-0.4, -0.2) is 49.8 Å².